The fourth-order valence-electron chi connectivity index (χ4n) is 3.33. The highest BCUT2D eigenvalue weighted by Gasteiger charge is 2.27. The van der Waals surface area contributed by atoms with Crippen molar-refractivity contribution < 1.29 is 14.3 Å². The van der Waals surface area contributed by atoms with E-state index < -0.39 is 0 Å². The lowest BCUT2D eigenvalue weighted by molar-refractivity contribution is -0.117. The number of anilines is 1. The largest absolute Gasteiger partial charge is 0.462 e. The zero-order valence-corrected chi connectivity index (χ0v) is 15.0. The number of likely N-dealkylation sites (tertiary alicyclic amines) is 1. The number of esters is 1. The van der Waals surface area contributed by atoms with E-state index in [9.17, 15) is 9.59 Å². The van der Waals surface area contributed by atoms with Gasteiger partial charge in [-0.25, -0.2) is 4.79 Å². The minimum absolute atomic E-state index is 0.0472. The molecule has 1 amide bonds. The molecular formula is C17H25N3O3S. The number of amides is 1. The van der Waals surface area contributed by atoms with Gasteiger partial charge in [-0.1, -0.05) is 6.42 Å². The number of nitrogens with zero attached hydrogens (tertiary/aromatic N) is 1. The highest BCUT2D eigenvalue weighted by molar-refractivity contribution is 7.17. The Morgan fingerprint density at radius 2 is 2.08 bits per heavy atom. The van der Waals surface area contributed by atoms with Crippen LogP contribution in [0.3, 0.4) is 0 Å². The van der Waals surface area contributed by atoms with Crippen LogP contribution < -0.4 is 10.6 Å². The van der Waals surface area contributed by atoms with Gasteiger partial charge in [-0.05, 0) is 51.4 Å². The molecule has 2 N–H and O–H groups in total. The number of thiophene rings is 1. The molecular weight excluding hydrogens is 326 g/mol. The van der Waals surface area contributed by atoms with E-state index in [1.165, 1.54) is 17.8 Å². The predicted molar refractivity (Wildman–Crippen MR) is 94.6 cm³/mol. The van der Waals surface area contributed by atoms with Crippen molar-refractivity contribution >= 4 is 28.2 Å². The third-order valence-electron chi connectivity index (χ3n) is 4.48. The maximum atomic E-state index is 12.4. The molecule has 3 rings (SSSR count). The van der Waals surface area contributed by atoms with Gasteiger partial charge in [-0.2, -0.15) is 0 Å². The summed E-state index contributed by atoms with van der Waals surface area (Å²) in [6, 6.07) is 0. The number of hydrogen-bond donors (Lipinski definition) is 2. The van der Waals surface area contributed by atoms with Gasteiger partial charge < -0.3 is 15.4 Å². The van der Waals surface area contributed by atoms with E-state index in [1.807, 2.05) is 0 Å². The van der Waals surface area contributed by atoms with Crippen molar-refractivity contribution in [2.45, 2.75) is 39.2 Å². The number of carbonyl (C=O) groups is 2. The predicted octanol–water partition coefficient (Wildman–Crippen LogP) is 1.99. The van der Waals surface area contributed by atoms with E-state index in [0.29, 0.717) is 23.7 Å². The Balaban J connectivity index is 1.75. The van der Waals surface area contributed by atoms with Crippen LogP contribution in [0.5, 0.6) is 0 Å². The molecule has 0 bridgehead atoms. The quantitative estimate of drug-likeness (QED) is 0.794. The number of hydrogen-bond acceptors (Lipinski definition) is 6. The van der Waals surface area contributed by atoms with Crippen molar-refractivity contribution in [2.24, 2.45) is 0 Å². The van der Waals surface area contributed by atoms with E-state index in [0.717, 1.165) is 55.9 Å². The smallest absolute Gasteiger partial charge is 0.341 e. The van der Waals surface area contributed by atoms with Gasteiger partial charge >= 0.3 is 5.97 Å². The first kappa shape index (κ1) is 17.4. The first-order valence-corrected chi connectivity index (χ1v) is 9.55. The number of rotatable bonds is 5. The van der Waals surface area contributed by atoms with E-state index in [1.54, 1.807) is 6.92 Å². The van der Waals surface area contributed by atoms with Crippen LogP contribution in [-0.4, -0.2) is 49.6 Å². The number of carbonyl (C=O) groups excluding carboxylic acids is 2. The molecule has 6 nitrogen and oxygen atoms in total. The molecule has 1 saturated heterocycles. The summed E-state index contributed by atoms with van der Waals surface area (Å²) < 4.78 is 5.21. The topological polar surface area (TPSA) is 70.7 Å². The Morgan fingerprint density at radius 3 is 2.83 bits per heavy atom. The Hall–Kier alpha value is -1.44. The number of ether oxygens (including phenoxy) is 1. The minimum atomic E-state index is -0.329. The zero-order valence-electron chi connectivity index (χ0n) is 14.2. The molecule has 2 aliphatic rings. The molecule has 0 saturated carbocycles. The number of piperidine rings is 1. The molecule has 0 spiro atoms. The van der Waals surface area contributed by atoms with Gasteiger partial charge in [0.2, 0.25) is 5.91 Å². The summed E-state index contributed by atoms with van der Waals surface area (Å²) in [5.74, 6) is -0.376. The van der Waals surface area contributed by atoms with Gasteiger partial charge in [0.05, 0.1) is 18.7 Å². The summed E-state index contributed by atoms with van der Waals surface area (Å²) in [5, 5.41) is 6.92. The molecule has 3 heterocycles. The molecule has 1 aromatic heterocycles. The van der Waals surface area contributed by atoms with E-state index in [4.69, 9.17) is 4.74 Å². The van der Waals surface area contributed by atoms with Crippen LogP contribution in [0.4, 0.5) is 5.00 Å². The Morgan fingerprint density at radius 1 is 1.29 bits per heavy atom. The van der Waals surface area contributed by atoms with Crippen molar-refractivity contribution in [1.82, 2.24) is 10.2 Å². The summed E-state index contributed by atoms with van der Waals surface area (Å²) in [4.78, 5) is 28.1. The van der Waals surface area contributed by atoms with Crippen LogP contribution in [0, 0.1) is 0 Å². The second-order valence-electron chi connectivity index (χ2n) is 6.24. The summed E-state index contributed by atoms with van der Waals surface area (Å²) in [5.41, 5.74) is 1.59. The van der Waals surface area contributed by atoms with Gasteiger partial charge in [0.15, 0.2) is 0 Å². The Bertz CT molecular complexity index is 608. The minimum Gasteiger partial charge on any atom is -0.462 e. The maximum Gasteiger partial charge on any atom is 0.341 e. The molecule has 1 fully saturated rings. The van der Waals surface area contributed by atoms with Crippen LogP contribution in [0.2, 0.25) is 0 Å². The molecule has 7 heteroatoms. The lowest BCUT2D eigenvalue weighted by Gasteiger charge is -2.25. The average molecular weight is 351 g/mol. The molecule has 0 atom stereocenters. The number of fused-ring (bicyclic) bond motifs is 1. The number of nitrogens with one attached hydrogen (secondary N) is 2. The van der Waals surface area contributed by atoms with E-state index in [-0.39, 0.29) is 11.9 Å². The lowest BCUT2D eigenvalue weighted by atomic mass is 10.0. The second-order valence-corrected chi connectivity index (χ2v) is 7.35. The van der Waals surface area contributed by atoms with Crippen LogP contribution in [-0.2, 0) is 22.5 Å². The summed E-state index contributed by atoms with van der Waals surface area (Å²) >= 11 is 1.49. The average Bonchev–Trinajstić information content (AvgIpc) is 2.93. The molecule has 1 aromatic rings. The lowest BCUT2D eigenvalue weighted by Crippen LogP contribution is -2.36. The van der Waals surface area contributed by atoms with Crippen molar-refractivity contribution in [3.05, 3.63) is 16.0 Å². The van der Waals surface area contributed by atoms with Crippen molar-refractivity contribution in [2.75, 3.05) is 38.1 Å². The molecule has 2 aliphatic heterocycles. The molecule has 24 heavy (non-hydrogen) atoms. The molecule has 0 unspecified atom stereocenters. The first-order valence-electron chi connectivity index (χ1n) is 8.73. The first-order chi connectivity index (χ1) is 11.7. The van der Waals surface area contributed by atoms with Crippen molar-refractivity contribution in [3.8, 4) is 0 Å². The maximum absolute atomic E-state index is 12.4. The zero-order chi connectivity index (χ0) is 16.9. The van der Waals surface area contributed by atoms with Gasteiger partial charge in [0, 0.05) is 11.4 Å². The fraction of sp³-hybridized carbons (Fsp3) is 0.647. The fourth-order valence-corrected chi connectivity index (χ4v) is 4.55. The summed E-state index contributed by atoms with van der Waals surface area (Å²) in [6.07, 6.45) is 4.35. The van der Waals surface area contributed by atoms with E-state index >= 15 is 0 Å². The van der Waals surface area contributed by atoms with Crippen LogP contribution >= 0.6 is 11.3 Å². The molecule has 0 radical (unpaired) electrons. The normalized spacial score (nSPS) is 18.0. The van der Waals surface area contributed by atoms with Crippen molar-refractivity contribution in [1.29, 1.82) is 0 Å². The van der Waals surface area contributed by atoms with Crippen LogP contribution in [0.25, 0.3) is 0 Å². The molecule has 132 valence electrons. The molecule has 0 aromatic carbocycles. The third kappa shape index (κ3) is 3.96. The third-order valence-corrected chi connectivity index (χ3v) is 5.62. The second kappa shape index (κ2) is 8.09. The Kier molecular flexibility index (Phi) is 5.86. The standard InChI is InChI=1S/C17H25N3O3S/c1-2-23-17(22)15-12-6-7-18-10-13(12)24-16(15)19-14(21)11-20-8-4-3-5-9-20/h18H,2-11H2,1H3,(H,19,21). The van der Waals surface area contributed by atoms with Crippen molar-refractivity contribution in [3.63, 3.8) is 0 Å². The monoisotopic (exact) mass is 351 g/mol. The highest BCUT2D eigenvalue weighted by atomic mass is 32.1. The van der Waals surface area contributed by atoms with Gasteiger partial charge in [0.1, 0.15) is 5.00 Å². The highest BCUT2D eigenvalue weighted by Crippen LogP contribution is 2.36. The summed E-state index contributed by atoms with van der Waals surface area (Å²) in [6.45, 7) is 6.07. The van der Waals surface area contributed by atoms with Crippen LogP contribution in [0.1, 0.15) is 47.0 Å². The van der Waals surface area contributed by atoms with Gasteiger partial charge in [-0.3, -0.25) is 9.69 Å². The Labute approximate surface area is 146 Å². The van der Waals surface area contributed by atoms with Gasteiger partial charge in [0.25, 0.3) is 0 Å². The SMILES string of the molecule is CCOC(=O)c1c(NC(=O)CN2CCCCC2)sc2c1CCNC2. The van der Waals surface area contributed by atoms with Gasteiger partial charge in [-0.15, -0.1) is 11.3 Å². The van der Waals surface area contributed by atoms with Crippen LogP contribution in [0.15, 0.2) is 0 Å². The summed E-state index contributed by atoms with van der Waals surface area (Å²) in [7, 11) is 0. The molecule has 0 aliphatic carbocycles. The van der Waals surface area contributed by atoms with E-state index in [2.05, 4.69) is 15.5 Å².